The van der Waals surface area contributed by atoms with Gasteiger partial charge in [-0.3, -0.25) is 0 Å². The van der Waals surface area contributed by atoms with Crippen molar-refractivity contribution in [2.45, 2.75) is 39.0 Å². The van der Waals surface area contributed by atoms with Gasteiger partial charge in [0.15, 0.2) is 0 Å². The fourth-order valence-corrected chi connectivity index (χ4v) is 3.13. The maximum atomic E-state index is 3.52. The van der Waals surface area contributed by atoms with E-state index in [4.69, 9.17) is 0 Å². The highest BCUT2D eigenvalue weighted by Gasteiger charge is 2.35. The second-order valence-corrected chi connectivity index (χ2v) is 5.55. The molecule has 1 heterocycles. The summed E-state index contributed by atoms with van der Waals surface area (Å²) >= 11 is 1.82. The van der Waals surface area contributed by atoms with E-state index >= 15 is 0 Å². The van der Waals surface area contributed by atoms with Crippen LogP contribution in [-0.4, -0.2) is 13.1 Å². The average molecular weight is 223 g/mol. The van der Waals surface area contributed by atoms with Gasteiger partial charge >= 0.3 is 0 Å². The lowest BCUT2D eigenvalue weighted by atomic mass is 9.65. The van der Waals surface area contributed by atoms with E-state index in [1.165, 1.54) is 44.2 Å². The molecule has 1 saturated carbocycles. The Kier molecular flexibility index (Phi) is 3.81. The van der Waals surface area contributed by atoms with Crippen LogP contribution in [0.3, 0.4) is 0 Å². The number of nitrogens with one attached hydrogen (secondary N) is 1. The molecule has 0 bridgehead atoms. The Labute approximate surface area is 96.9 Å². The molecule has 1 aromatic rings. The normalized spacial score (nSPS) is 18.7. The monoisotopic (exact) mass is 223 g/mol. The molecule has 1 aliphatic carbocycles. The van der Waals surface area contributed by atoms with Gasteiger partial charge in [0.05, 0.1) is 0 Å². The summed E-state index contributed by atoms with van der Waals surface area (Å²) in [6, 6.07) is 2.27. The summed E-state index contributed by atoms with van der Waals surface area (Å²) in [4.78, 5) is 0. The Hall–Kier alpha value is -0.340. The zero-order valence-corrected chi connectivity index (χ0v) is 10.4. The number of thiophene rings is 1. The van der Waals surface area contributed by atoms with Gasteiger partial charge in [-0.25, -0.2) is 0 Å². The van der Waals surface area contributed by atoms with Crippen LogP contribution in [-0.2, 0) is 6.42 Å². The highest BCUT2D eigenvalue weighted by molar-refractivity contribution is 7.07. The zero-order chi connectivity index (χ0) is 10.6. The van der Waals surface area contributed by atoms with Gasteiger partial charge in [0.2, 0.25) is 0 Å². The molecule has 1 aromatic heterocycles. The van der Waals surface area contributed by atoms with E-state index in [-0.39, 0.29) is 0 Å². The van der Waals surface area contributed by atoms with E-state index in [0.29, 0.717) is 5.41 Å². The van der Waals surface area contributed by atoms with Crippen molar-refractivity contribution < 1.29 is 0 Å². The first kappa shape index (κ1) is 11.2. The number of hydrogen-bond acceptors (Lipinski definition) is 2. The Morgan fingerprint density at radius 1 is 1.47 bits per heavy atom. The second kappa shape index (κ2) is 5.13. The van der Waals surface area contributed by atoms with E-state index in [2.05, 4.69) is 29.1 Å². The van der Waals surface area contributed by atoms with Crippen LogP contribution in [0.4, 0.5) is 0 Å². The van der Waals surface area contributed by atoms with Crippen LogP contribution in [0.1, 0.15) is 38.2 Å². The Bertz CT molecular complexity index is 275. The third kappa shape index (κ3) is 2.82. The molecule has 1 N–H and O–H groups in total. The molecule has 1 aliphatic rings. The van der Waals surface area contributed by atoms with Crippen molar-refractivity contribution in [1.29, 1.82) is 0 Å². The minimum Gasteiger partial charge on any atom is -0.316 e. The van der Waals surface area contributed by atoms with E-state index in [0.717, 1.165) is 6.54 Å². The summed E-state index contributed by atoms with van der Waals surface area (Å²) in [5, 5.41) is 8.00. The molecule has 0 aliphatic heterocycles. The first-order valence-corrected chi connectivity index (χ1v) is 7.01. The molecule has 0 atom stereocenters. The van der Waals surface area contributed by atoms with Crippen LogP contribution in [0.2, 0.25) is 0 Å². The van der Waals surface area contributed by atoms with Crippen LogP contribution in [0, 0.1) is 5.41 Å². The smallest absolute Gasteiger partial charge is 0.000780 e. The fourth-order valence-electron chi connectivity index (χ4n) is 2.43. The highest BCUT2D eigenvalue weighted by atomic mass is 32.1. The third-order valence-electron chi connectivity index (χ3n) is 3.69. The largest absolute Gasteiger partial charge is 0.316 e. The van der Waals surface area contributed by atoms with Crippen molar-refractivity contribution in [3.8, 4) is 0 Å². The van der Waals surface area contributed by atoms with Crippen LogP contribution >= 0.6 is 11.3 Å². The van der Waals surface area contributed by atoms with Gasteiger partial charge in [-0.15, -0.1) is 0 Å². The van der Waals surface area contributed by atoms with E-state index in [1.54, 1.807) is 0 Å². The van der Waals surface area contributed by atoms with Crippen molar-refractivity contribution in [3.63, 3.8) is 0 Å². The Morgan fingerprint density at radius 2 is 2.33 bits per heavy atom. The highest BCUT2D eigenvalue weighted by Crippen LogP contribution is 2.44. The van der Waals surface area contributed by atoms with Gasteiger partial charge in [-0.05, 0) is 60.0 Å². The summed E-state index contributed by atoms with van der Waals surface area (Å²) in [6.45, 7) is 4.54. The Balaban J connectivity index is 1.80. The van der Waals surface area contributed by atoms with Crippen LogP contribution in [0.15, 0.2) is 16.8 Å². The summed E-state index contributed by atoms with van der Waals surface area (Å²) in [5.74, 6) is 0. The lowest BCUT2D eigenvalue weighted by Gasteiger charge is -2.42. The van der Waals surface area contributed by atoms with Gasteiger partial charge in [0.25, 0.3) is 0 Å². The molecule has 1 fully saturated rings. The van der Waals surface area contributed by atoms with Gasteiger partial charge in [-0.2, -0.15) is 11.3 Å². The molecular weight excluding hydrogens is 202 g/mol. The van der Waals surface area contributed by atoms with E-state index in [9.17, 15) is 0 Å². The minimum atomic E-state index is 0.637. The molecule has 15 heavy (non-hydrogen) atoms. The van der Waals surface area contributed by atoms with Gasteiger partial charge in [0, 0.05) is 6.54 Å². The van der Waals surface area contributed by atoms with Crippen molar-refractivity contribution in [3.05, 3.63) is 22.4 Å². The van der Waals surface area contributed by atoms with E-state index < -0.39 is 0 Å². The predicted octanol–water partition coefficient (Wildman–Crippen LogP) is 3.46. The molecule has 1 nitrogen and oxygen atoms in total. The van der Waals surface area contributed by atoms with Crippen LogP contribution in [0.25, 0.3) is 0 Å². The summed E-state index contributed by atoms with van der Waals surface area (Å²) in [7, 11) is 0. The number of hydrogen-bond donors (Lipinski definition) is 1. The summed E-state index contributed by atoms with van der Waals surface area (Å²) in [6.07, 6.45) is 6.95. The molecule has 84 valence electrons. The molecule has 0 saturated heterocycles. The maximum Gasteiger partial charge on any atom is 0.000780 e. The van der Waals surface area contributed by atoms with Crippen molar-refractivity contribution in [1.82, 2.24) is 5.32 Å². The summed E-state index contributed by atoms with van der Waals surface area (Å²) in [5.41, 5.74) is 2.17. The first-order valence-electron chi connectivity index (χ1n) is 6.06. The molecule has 0 aromatic carbocycles. The van der Waals surface area contributed by atoms with Gasteiger partial charge < -0.3 is 5.32 Å². The lowest BCUT2D eigenvalue weighted by Crippen LogP contribution is -2.40. The quantitative estimate of drug-likeness (QED) is 0.779. The van der Waals surface area contributed by atoms with Crippen molar-refractivity contribution in [2.75, 3.05) is 13.1 Å². The second-order valence-electron chi connectivity index (χ2n) is 4.77. The predicted molar refractivity (Wildman–Crippen MR) is 67.5 cm³/mol. The SMILES string of the molecule is CCNCC1(CCc2ccsc2)CCC1. The molecule has 0 unspecified atom stereocenters. The van der Waals surface area contributed by atoms with Crippen molar-refractivity contribution >= 4 is 11.3 Å². The van der Waals surface area contributed by atoms with Crippen LogP contribution in [0.5, 0.6) is 0 Å². The zero-order valence-electron chi connectivity index (χ0n) is 9.59. The minimum absolute atomic E-state index is 0.637. The lowest BCUT2D eigenvalue weighted by molar-refractivity contribution is 0.118. The summed E-state index contributed by atoms with van der Waals surface area (Å²) < 4.78 is 0. The molecule has 2 heteroatoms. The van der Waals surface area contributed by atoms with Gasteiger partial charge in [-0.1, -0.05) is 13.3 Å². The van der Waals surface area contributed by atoms with E-state index in [1.807, 2.05) is 11.3 Å². The topological polar surface area (TPSA) is 12.0 Å². The molecule has 0 spiro atoms. The molecule has 0 radical (unpaired) electrons. The maximum absolute atomic E-state index is 3.52. The number of aryl methyl sites for hydroxylation is 1. The first-order chi connectivity index (χ1) is 7.35. The fraction of sp³-hybridized carbons (Fsp3) is 0.692. The molecule has 0 amide bonds. The Morgan fingerprint density at radius 3 is 2.87 bits per heavy atom. The standard InChI is InChI=1S/C13H21NS/c1-2-14-11-13(6-3-7-13)8-4-12-5-9-15-10-12/h5,9-10,14H,2-4,6-8,11H2,1H3. The average Bonchev–Trinajstić information content (AvgIpc) is 2.68. The molecular formula is C13H21NS. The van der Waals surface area contributed by atoms with Crippen LogP contribution < -0.4 is 5.32 Å². The van der Waals surface area contributed by atoms with Gasteiger partial charge in [0.1, 0.15) is 0 Å². The van der Waals surface area contributed by atoms with Crippen molar-refractivity contribution in [2.24, 2.45) is 5.41 Å². The molecule has 2 rings (SSSR count). The third-order valence-corrected chi connectivity index (χ3v) is 4.42. The number of rotatable bonds is 6.